The quantitative estimate of drug-likeness (QED) is 0.713. The molecule has 3 aromatic rings. The van der Waals surface area contributed by atoms with Gasteiger partial charge >= 0.3 is 0 Å². The summed E-state index contributed by atoms with van der Waals surface area (Å²) < 4.78 is 11.8. The fourth-order valence-electron chi connectivity index (χ4n) is 4.45. The molecule has 2 bridgehead atoms. The molecule has 0 spiro atoms. The number of benzene rings is 1. The molecule has 0 amide bonds. The van der Waals surface area contributed by atoms with E-state index in [-0.39, 0.29) is 6.10 Å². The zero-order valence-corrected chi connectivity index (χ0v) is 14.4. The Balaban J connectivity index is 1.40. The molecule has 5 heterocycles. The smallest absolute Gasteiger partial charge is 0.213 e. The van der Waals surface area contributed by atoms with Crippen LogP contribution in [-0.4, -0.2) is 35.1 Å². The predicted octanol–water partition coefficient (Wildman–Crippen LogP) is 4.36. The molecule has 2 unspecified atom stereocenters. The van der Waals surface area contributed by atoms with Gasteiger partial charge in [-0.25, -0.2) is 4.98 Å². The lowest BCUT2D eigenvalue weighted by Gasteiger charge is -2.49. The summed E-state index contributed by atoms with van der Waals surface area (Å²) >= 11 is 0. The third-order valence-corrected chi connectivity index (χ3v) is 5.89. The monoisotopic (exact) mass is 334 g/mol. The van der Waals surface area contributed by atoms with Gasteiger partial charge < -0.3 is 9.15 Å². The topological polar surface area (TPSA) is 38.5 Å². The normalized spacial score (nSPS) is 28.4. The Bertz CT molecular complexity index is 876. The van der Waals surface area contributed by atoms with Crippen molar-refractivity contribution in [1.29, 1.82) is 0 Å². The van der Waals surface area contributed by atoms with Crippen molar-refractivity contribution in [2.24, 2.45) is 5.92 Å². The van der Waals surface area contributed by atoms with E-state index in [0.717, 1.165) is 28.0 Å². The first kappa shape index (κ1) is 15.0. The molecule has 0 N–H and O–H groups in total. The van der Waals surface area contributed by atoms with Crippen molar-refractivity contribution in [3.8, 4) is 17.0 Å². The Labute approximate surface area is 147 Å². The van der Waals surface area contributed by atoms with Crippen LogP contribution in [0.5, 0.6) is 5.88 Å². The van der Waals surface area contributed by atoms with Crippen LogP contribution in [0.15, 0.2) is 53.3 Å². The summed E-state index contributed by atoms with van der Waals surface area (Å²) in [5.74, 6) is 1.40. The number of furan rings is 1. The zero-order chi connectivity index (χ0) is 16.8. The van der Waals surface area contributed by atoms with Crippen LogP contribution < -0.4 is 4.74 Å². The minimum atomic E-state index is 0.262. The molecule has 0 aliphatic carbocycles. The van der Waals surface area contributed by atoms with Gasteiger partial charge in [-0.05, 0) is 62.5 Å². The molecule has 1 aromatic carbocycles. The average molecular weight is 334 g/mol. The second-order valence-corrected chi connectivity index (χ2v) is 7.22. The first-order valence-corrected chi connectivity index (χ1v) is 9.13. The van der Waals surface area contributed by atoms with Gasteiger partial charge in [0, 0.05) is 29.3 Å². The van der Waals surface area contributed by atoms with Crippen molar-refractivity contribution >= 4 is 11.0 Å². The van der Waals surface area contributed by atoms with E-state index in [1.165, 1.54) is 25.9 Å². The minimum Gasteiger partial charge on any atom is -0.472 e. The lowest BCUT2D eigenvalue weighted by atomic mass is 9.81. The van der Waals surface area contributed by atoms with Gasteiger partial charge in [0.2, 0.25) is 5.88 Å². The average Bonchev–Trinajstić information content (AvgIpc) is 3.14. The van der Waals surface area contributed by atoms with Gasteiger partial charge in [-0.15, -0.1) is 0 Å². The summed E-state index contributed by atoms with van der Waals surface area (Å²) in [5.41, 5.74) is 3.13. The molecule has 3 aliphatic heterocycles. The van der Waals surface area contributed by atoms with Crippen LogP contribution in [0.1, 0.15) is 19.8 Å². The first-order chi connectivity index (χ1) is 12.3. The summed E-state index contributed by atoms with van der Waals surface area (Å²) in [6.07, 6.45) is 6.39. The molecule has 2 atom stereocenters. The number of hydrogen-bond donors (Lipinski definition) is 0. The Hall–Kier alpha value is -2.33. The molecule has 3 saturated heterocycles. The van der Waals surface area contributed by atoms with Gasteiger partial charge in [0.15, 0.2) is 0 Å². The highest BCUT2D eigenvalue weighted by Gasteiger charge is 2.41. The van der Waals surface area contributed by atoms with Crippen LogP contribution in [0.3, 0.4) is 0 Å². The van der Waals surface area contributed by atoms with E-state index in [9.17, 15) is 0 Å². The van der Waals surface area contributed by atoms with Crippen LogP contribution in [0.2, 0.25) is 0 Å². The predicted molar refractivity (Wildman–Crippen MR) is 97.6 cm³/mol. The molecule has 3 fully saturated rings. The van der Waals surface area contributed by atoms with Gasteiger partial charge in [-0.3, -0.25) is 4.90 Å². The molecular weight excluding hydrogens is 312 g/mol. The highest BCUT2D eigenvalue weighted by atomic mass is 16.5. The maximum atomic E-state index is 6.29. The summed E-state index contributed by atoms with van der Waals surface area (Å²) in [6.45, 7) is 4.71. The van der Waals surface area contributed by atoms with E-state index in [4.69, 9.17) is 9.15 Å². The molecular formula is C21H22N2O2. The zero-order valence-electron chi connectivity index (χ0n) is 14.4. The number of ether oxygens (including phenoxy) is 1. The summed E-state index contributed by atoms with van der Waals surface area (Å²) in [4.78, 5) is 7.13. The first-order valence-electron chi connectivity index (χ1n) is 9.13. The largest absolute Gasteiger partial charge is 0.472 e. The number of nitrogens with zero attached hydrogens (tertiary/aromatic N) is 2. The van der Waals surface area contributed by atoms with Gasteiger partial charge in [0.1, 0.15) is 11.7 Å². The van der Waals surface area contributed by atoms with Crippen LogP contribution in [0.4, 0.5) is 0 Å². The fraction of sp³-hybridized carbons (Fsp3) is 0.381. The molecule has 4 heteroatoms. The second kappa shape index (κ2) is 5.88. The van der Waals surface area contributed by atoms with Crippen LogP contribution in [-0.2, 0) is 0 Å². The molecule has 128 valence electrons. The fourth-order valence-corrected chi connectivity index (χ4v) is 4.45. The number of fused-ring (bicyclic) bond motifs is 4. The van der Waals surface area contributed by atoms with Crippen molar-refractivity contribution < 1.29 is 9.15 Å². The van der Waals surface area contributed by atoms with Crippen molar-refractivity contribution in [1.82, 2.24) is 9.88 Å². The van der Waals surface area contributed by atoms with Crippen LogP contribution in [0, 0.1) is 5.92 Å². The summed E-state index contributed by atoms with van der Waals surface area (Å²) in [6, 6.07) is 12.7. The molecule has 2 aromatic heterocycles. The van der Waals surface area contributed by atoms with E-state index in [1.54, 1.807) is 6.26 Å². The van der Waals surface area contributed by atoms with Gasteiger partial charge in [-0.2, -0.15) is 0 Å². The third-order valence-electron chi connectivity index (χ3n) is 5.89. The standard InChI is InChI=1S/C21H22N2O2/c1-14-21(15-7-10-23(14)11-8-15)25-20-6-5-16(13-22-20)17-3-2-4-19-18(17)9-12-24-19/h2-6,9,12-15,21H,7-8,10-11H2,1H3. The van der Waals surface area contributed by atoms with Crippen molar-refractivity contribution in [3.63, 3.8) is 0 Å². The van der Waals surface area contributed by atoms with E-state index in [2.05, 4.69) is 28.9 Å². The van der Waals surface area contributed by atoms with Crippen molar-refractivity contribution in [2.45, 2.75) is 31.9 Å². The number of aromatic nitrogens is 1. The number of pyridine rings is 1. The number of rotatable bonds is 3. The third kappa shape index (κ3) is 2.52. The van der Waals surface area contributed by atoms with Gasteiger partial charge in [0.05, 0.1) is 6.26 Å². The van der Waals surface area contributed by atoms with Crippen LogP contribution in [0.25, 0.3) is 22.1 Å². The molecule has 6 rings (SSSR count). The molecule has 3 aliphatic rings. The SMILES string of the molecule is CC1C(Oc2ccc(-c3cccc4occc34)cn2)C2CCN1CC2. The van der Waals surface area contributed by atoms with Gasteiger partial charge in [-0.1, -0.05) is 12.1 Å². The van der Waals surface area contributed by atoms with Crippen molar-refractivity contribution in [3.05, 3.63) is 48.9 Å². The molecule has 0 saturated carbocycles. The molecule has 0 radical (unpaired) electrons. The summed E-state index contributed by atoms with van der Waals surface area (Å²) in [5, 5.41) is 1.11. The Morgan fingerprint density at radius 1 is 1.12 bits per heavy atom. The van der Waals surface area contributed by atoms with E-state index < -0.39 is 0 Å². The maximum absolute atomic E-state index is 6.29. The van der Waals surface area contributed by atoms with E-state index >= 15 is 0 Å². The Morgan fingerprint density at radius 2 is 2.00 bits per heavy atom. The summed E-state index contributed by atoms with van der Waals surface area (Å²) in [7, 11) is 0. The lowest BCUT2D eigenvalue weighted by molar-refractivity contribution is -0.0525. The number of hydrogen-bond acceptors (Lipinski definition) is 4. The highest BCUT2D eigenvalue weighted by Crippen LogP contribution is 2.35. The number of piperidine rings is 3. The van der Waals surface area contributed by atoms with Gasteiger partial charge in [0.25, 0.3) is 0 Å². The van der Waals surface area contributed by atoms with Crippen molar-refractivity contribution in [2.75, 3.05) is 13.1 Å². The lowest BCUT2D eigenvalue weighted by Crippen LogP contribution is -2.58. The maximum Gasteiger partial charge on any atom is 0.213 e. The molecule has 4 nitrogen and oxygen atoms in total. The molecule has 25 heavy (non-hydrogen) atoms. The van der Waals surface area contributed by atoms with E-state index in [0.29, 0.717) is 12.0 Å². The van der Waals surface area contributed by atoms with Crippen LogP contribution >= 0.6 is 0 Å². The Kier molecular flexibility index (Phi) is 3.52. The Morgan fingerprint density at radius 3 is 2.76 bits per heavy atom. The van der Waals surface area contributed by atoms with E-state index in [1.807, 2.05) is 30.5 Å². The highest BCUT2D eigenvalue weighted by molar-refractivity contribution is 5.93. The minimum absolute atomic E-state index is 0.262. The second-order valence-electron chi connectivity index (χ2n) is 7.22.